The Hall–Kier alpha value is -1.98. The lowest BCUT2D eigenvalue weighted by atomic mass is 10.1. The maximum Gasteiger partial charge on any atom is 0.207 e. The van der Waals surface area contributed by atoms with Gasteiger partial charge in [-0.15, -0.1) is 0 Å². The highest BCUT2D eigenvalue weighted by atomic mass is 35.5. The van der Waals surface area contributed by atoms with E-state index in [4.69, 9.17) is 11.6 Å². The van der Waals surface area contributed by atoms with Crippen LogP contribution in [0.1, 0.15) is 15.9 Å². The van der Waals surface area contributed by atoms with E-state index in [9.17, 15) is 17.6 Å². The van der Waals surface area contributed by atoms with Gasteiger partial charge >= 0.3 is 0 Å². The second-order valence-corrected chi connectivity index (χ2v) is 7.00. The molecule has 2 aromatic rings. The standard InChI is InChI=1S/C16H12ClFO3S/c1-22(20,21)15(10-11-6-2-4-8-13(11)17)16(19)12-7-3-5-9-14(12)18/h2-10H,1H3/b15-10-. The molecule has 0 aromatic heterocycles. The van der Waals surface area contributed by atoms with Crippen molar-refractivity contribution < 1.29 is 17.6 Å². The SMILES string of the molecule is CS(=O)(=O)/C(=C\c1ccccc1Cl)C(=O)c1ccccc1F. The molecule has 0 amide bonds. The molecule has 2 rings (SSSR count). The zero-order valence-electron chi connectivity index (χ0n) is 11.6. The fraction of sp³-hybridized carbons (Fsp3) is 0.0625. The van der Waals surface area contributed by atoms with Gasteiger partial charge in [-0.1, -0.05) is 41.9 Å². The van der Waals surface area contributed by atoms with Gasteiger partial charge in [0.1, 0.15) is 10.7 Å². The Labute approximate surface area is 133 Å². The summed E-state index contributed by atoms with van der Waals surface area (Å²) in [6.45, 7) is 0. The van der Waals surface area contributed by atoms with Gasteiger partial charge in [-0.05, 0) is 29.8 Å². The first-order chi connectivity index (χ1) is 10.3. The second-order valence-electron chi connectivity index (χ2n) is 4.61. The lowest BCUT2D eigenvalue weighted by molar-refractivity contribution is 0.103. The highest BCUT2D eigenvalue weighted by Gasteiger charge is 2.24. The highest BCUT2D eigenvalue weighted by Crippen LogP contribution is 2.23. The zero-order valence-corrected chi connectivity index (χ0v) is 13.2. The molecular weight excluding hydrogens is 327 g/mol. The van der Waals surface area contributed by atoms with Crippen molar-refractivity contribution in [1.82, 2.24) is 0 Å². The molecule has 0 aliphatic rings. The number of carbonyl (C=O) groups is 1. The number of hydrogen-bond donors (Lipinski definition) is 0. The van der Waals surface area contributed by atoms with Crippen LogP contribution in [0.4, 0.5) is 4.39 Å². The van der Waals surface area contributed by atoms with Crippen molar-refractivity contribution >= 4 is 33.3 Å². The molecule has 0 saturated heterocycles. The van der Waals surface area contributed by atoms with E-state index in [1.165, 1.54) is 18.2 Å². The quantitative estimate of drug-likeness (QED) is 0.630. The molecule has 2 aromatic carbocycles. The molecule has 0 fully saturated rings. The average Bonchev–Trinajstić information content (AvgIpc) is 2.45. The number of halogens is 2. The van der Waals surface area contributed by atoms with Gasteiger partial charge in [0.15, 0.2) is 9.84 Å². The minimum Gasteiger partial charge on any atom is -0.288 e. The summed E-state index contributed by atoms with van der Waals surface area (Å²) < 4.78 is 37.6. The van der Waals surface area contributed by atoms with E-state index in [0.29, 0.717) is 10.6 Å². The van der Waals surface area contributed by atoms with Crippen LogP contribution < -0.4 is 0 Å². The third-order valence-electron chi connectivity index (χ3n) is 2.93. The molecule has 0 aliphatic carbocycles. The zero-order chi connectivity index (χ0) is 16.3. The lowest BCUT2D eigenvalue weighted by Crippen LogP contribution is -2.14. The van der Waals surface area contributed by atoms with Gasteiger partial charge < -0.3 is 0 Å². The summed E-state index contributed by atoms with van der Waals surface area (Å²) in [5.74, 6) is -1.68. The van der Waals surface area contributed by atoms with Gasteiger partial charge in [0.2, 0.25) is 5.78 Å². The van der Waals surface area contributed by atoms with Crippen molar-refractivity contribution in [3.8, 4) is 0 Å². The van der Waals surface area contributed by atoms with E-state index in [1.807, 2.05) is 0 Å². The maximum atomic E-state index is 13.7. The molecule has 114 valence electrons. The predicted molar refractivity (Wildman–Crippen MR) is 85.0 cm³/mol. The number of allylic oxidation sites excluding steroid dienone is 1. The van der Waals surface area contributed by atoms with Gasteiger partial charge in [-0.25, -0.2) is 12.8 Å². The maximum absolute atomic E-state index is 13.7. The van der Waals surface area contributed by atoms with Gasteiger partial charge in [-0.2, -0.15) is 0 Å². The van der Waals surface area contributed by atoms with Crippen molar-refractivity contribution in [2.45, 2.75) is 0 Å². The molecule has 0 N–H and O–H groups in total. The van der Waals surface area contributed by atoms with E-state index in [-0.39, 0.29) is 5.56 Å². The molecular formula is C16H12ClFO3S. The number of carbonyl (C=O) groups excluding carboxylic acids is 1. The minimum absolute atomic E-state index is 0.296. The van der Waals surface area contributed by atoms with E-state index < -0.39 is 26.3 Å². The largest absolute Gasteiger partial charge is 0.288 e. The fourth-order valence-electron chi connectivity index (χ4n) is 1.85. The van der Waals surface area contributed by atoms with E-state index in [1.54, 1.807) is 24.3 Å². The highest BCUT2D eigenvalue weighted by molar-refractivity contribution is 7.95. The Morgan fingerprint density at radius 3 is 2.27 bits per heavy atom. The molecule has 6 heteroatoms. The smallest absolute Gasteiger partial charge is 0.207 e. The Bertz CT molecular complexity index is 857. The Morgan fingerprint density at radius 1 is 1.09 bits per heavy atom. The van der Waals surface area contributed by atoms with Crippen molar-refractivity contribution in [3.63, 3.8) is 0 Å². The molecule has 22 heavy (non-hydrogen) atoms. The molecule has 0 spiro atoms. The summed E-state index contributed by atoms with van der Waals surface area (Å²) in [6, 6.07) is 11.7. The monoisotopic (exact) mass is 338 g/mol. The summed E-state index contributed by atoms with van der Waals surface area (Å²) in [5.41, 5.74) is 0.0699. The lowest BCUT2D eigenvalue weighted by Gasteiger charge is -2.07. The first-order valence-corrected chi connectivity index (χ1v) is 8.53. The van der Waals surface area contributed by atoms with E-state index in [0.717, 1.165) is 18.4 Å². The van der Waals surface area contributed by atoms with Crippen LogP contribution in [0.5, 0.6) is 0 Å². The third-order valence-corrected chi connectivity index (χ3v) is 4.38. The Balaban J connectivity index is 2.61. The predicted octanol–water partition coefficient (Wildman–Crippen LogP) is 3.75. The fourth-order valence-corrected chi connectivity index (χ4v) is 2.83. The summed E-state index contributed by atoms with van der Waals surface area (Å²) in [4.78, 5) is 11.9. The molecule has 0 atom stereocenters. The number of hydrogen-bond acceptors (Lipinski definition) is 3. The van der Waals surface area contributed by atoms with Crippen LogP contribution in [-0.4, -0.2) is 20.5 Å². The topological polar surface area (TPSA) is 51.2 Å². The van der Waals surface area contributed by atoms with Crippen molar-refractivity contribution in [2.75, 3.05) is 6.26 Å². The second kappa shape index (κ2) is 6.42. The number of benzene rings is 2. The van der Waals surface area contributed by atoms with Crippen LogP contribution in [0, 0.1) is 5.82 Å². The third kappa shape index (κ3) is 3.61. The normalized spacial score (nSPS) is 12.2. The van der Waals surface area contributed by atoms with Gasteiger partial charge in [0.05, 0.1) is 5.56 Å². The number of ketones is 1. The summed E-state index contributed by atoms with van der Waals surface area (Å²) in [6.07, 6.45) is 2.06. The van der Waals surface area contributed by atoms with E-state index >= 15 is 0 Å². The van der Waals surface area contributed by atoms with E-state index in [2.05, 4.69) is 0 Å². The molecule has 0 heterocycles. The van der Waals surface area contributed by atoms with Gasteiger partial charge in [0, 0.05) is 11.3 Å². The molecule has 0 bridgehead atoms. The van der Waals surface area contributed by atoms with Crippen LogP contribution in [0.15, 0.2) is 53.4 Å². The number of sulfone groups is 1. The van der Waals surface area contributed by atoms with Crippen LogP contribution >= 0.6 is 11.6 Å². The molecule has 0 radical (unpaired) electrons. The van der Waals surface area contributed by atoms with Crippen molar-refractivity contribution in [1.29, 1.82) is 0 Å². The van der Waals surface area contributed by atoms with Crippen LogP contribution in [-0.2, 0) is 9.84 Å². The summed E-state index contributed by atoms with van der Waals surface area (Å²) >= 11 is 5.98. The van der Waals surface area contributed by atoms with Crippen LogP contribution in [0.3, 0.4) is 0 Å². The van der Waals surface area contributed by atoms with Crippen LogP contribution in [0.2, 0.25) is 5.02 Å². The van der Waals surface area contributed by atoms with Crippen LogP contribution in [0.25, 0.3) is 6.08 Å². The van der Waals surface area contributed by atoms with Gasteiger partial charge in [-0.3, -0.25) is 4.79 Å². The Kier molecular flexibility index (Phi) is 4.78. The van der Waals surface area contributed by atoms with Crippen molar-refractivity contribution in [2.24, 2.45) is 0 Å². The first kappa shape index (κ1) is 16.4. The number of rotatable bonds is 4. The van der Waals surface area contributed by atoms with Gasteiger partial charge in [0.25, 0.3) is 0 Å². The Morgan fingerprint density at radius 2 is 1.68 bits per heavy atom. The molecule has 3 nitrogen and oxygen atoms in total. The first-order valence-electron chi connectivity index (χ1n) is 6.26. The molecule has 0 unspecified atom stereocenters. The number of Topliss-reactive ketones (excluding diaryl/α,β-unsaturated/α-hetero) is 1. The van der Waals surface area contributed by atoms with Crippen molar-refractivity contribution in [3.05, 3.63) is 75.4 Å². The molecule has 0 saturated carbocycles. The molecule has 0 aliphatic heterocycles. The summed E-state index contributed by atoms with van der Waals surface area (Å²) in [5, 5.41) is 0.296. The summed E-state index contributed by atoms with van der Waals surface area (Å²) in [7, 11) is -3.86. The average molecular weight is 339 g/mol. The minimum atomic E-state index is -3.86.